The number of aryl methyl sites for hydroxylation is 1. The van der Waals surface area contributed by atoms with Crippen LogP contribution in [-0.2, 0) is 14.4 Å². The zero-order valence-electron chi connectivity index (χ0n) is 23.0. The summed E-state index contributed by atoms with van der Waals surface area (Å²) in [5.74, 6) is -0.0261. The molecule has 216 valence electrons. The topological polar surface area (TPSA) is 117 Å². The van der Waals surface area contributed by atoms with Crippen LogP contribution in [0.3, 0.4) is 0 Å². The number of furan rings is 1. The largest absolute Gasteiger partial charge is 0.481 e. The first-order valence-electron chi connectivity index (χ1n) is 14.4. The lowest BCUT2D eigenvalue weighted by atomic mass is 9.90. The summed E-state index contributed by atoms with van der Waals surface area (Å²) >= 11 is 0.804. The van der Waals surface area contributed by atoms with Crippen LogP contribution in [0.1, 0.15) is 70.0 Å². The number of thiazole rings is 1. The summed E-state index contributed by atoms with van der Waals surface area (Å²) in [7, 11) is 0. The van der Waals surface area contributed by atoms with E-state index in [9.17, 15) is 19.5 Å². The maximum atomic E-state index is 15.6. The Balaban J connectivity index is 1.29. The lowest BCUT2D eigenvalue weighted by Crippen LogP contribution is -2.39. The van der Waals surface area contributed by atoms with Crippen LogP contribution in [0.25, 0.3) is 22.6 Å². The number of rotatable bonds is 10. The van der Waals surface area contributed by atoms with Crippen molar-refractivity contribution in [1.29, 1.82) is 0 Å². The number of anilines is 2. The van der Waals surface area contributed by atoms with E-state index in [-0.39, 0.29) is 35.1 Å². The first-order valence-corrected chi connectivity index (χ1v) is 15.2. The monoisotopic (exact) mass is 580 g/mol. The van der Waals surface area contributed by atoms with Crippen molar-refractivity contribution in [3.63, 3.8) is 0 Å². The van der Waals surface area contributed by atoms with E-state index >= 15 is 4.39 Å². The molecule has 41 heavy (non-hydrogen) atoms. The number of halogens is 1. The molecule has 0 radical (unpaired) electrons. The summed E-state index contributed by atoms with van der Waals surface area (Å²) in [6.07, 6.45) is 8.99. The molecule has 9 nitrogen and oxygen atoms in total. The number of aromatic nitrogens is 2. The highest BCUT2D eigenvalue weighted by molar-refractivity contribution is 7.14. The van der Waals surface area contributed by atoms with Crippen LogP contribution >= 0.6 is 11.3 Å². The van der Waals surface area contributed by atoms with Gasteiger partial charge in [-0.3, -0.25) is 24.2 Å². The van der Waals surface area contributed by atoms with Gasteiger partial charge < -0.3 is 9.52 Å². The van der Waals surface area contributed by atoms with Gasteiger partial charge in [-0.15, -0.1) is 0 Å². The molecule has 1 atom stereocenters. The zero-order valence-corrected chi connectivity index (χ0v) is 23.8. The number of carboxylic acids is 1. The summed E-state index contributed by atoms with van der Waals surface area (Å²) in [4.78, 5) is 49.9. The van der Waals surface area contributed by atoms with Crippen molar-refractivity contribution in [3.8, 4) is 22.6 Å². The van der Waals surface area contributed by atoms with Crippen molar-refractivity contribution in [3.05, 3.63) is 35.3 Å². The minimum atomic E-state index is -1.00. The molecule has 2 aliphatic carbocycles. The molecule has 6 rings (SSSR count). The van der Waals surface area contributed by atoms with Gasteiger partial charge in [0.2, 0.25) is 16.9 Å². The van der Waals surface area contributed by atoms with Gasteiger partial charge in [-0.25, -0.2) is 9.97 Å². The Morgan fingerprint density at radius 1 is 1.22 bits per heavy atom. The van der Waals surface area contributed by atoms with Gasteiger partial charge in [-0.05, 0) is 56.7 Å². The maximum Gasteiger partial charge on any atom is 0.304 e. The summed E-state index contributed by atoms with van der Waals surface area (Å²) in [6.45, 7) is 2.40. The van der Waals surface area contributed by atoms with E-state index < -0.39 is 17.0 Å². The van der Waals surface area contributed by atoms with Crippen molar-refractivity contribution in [2.45, 2.75) is 77.2 Å². The minimum absolute atomic E-state index is 0.0421. The molecule has 3 aromatic rings. The second-order valence-corrected chi connectivity index (χ2v) is 12.3. The van der Waals surface area contributed by atoms with Crippen LogP contribution in [0.15, 0.2) is 28.8 Å². The third-order valence-corrected chi connectivity index (χ3v) is 9.11. The van der Waals surface area contributed by atoms with Crippen molar-refractivity contribution in [1.82, 2.24) is 9.97 Å². The van der Waals surface area contributed by atoms with Crippen LogP contribution in [-0.4, -0.2) is 45.4 Å². The number of amides is 2. The standard InChI is InChI=1S/C30H33FN4O5S/c1-17-13-22(27(40-17)19-8-11-23(32-16-19)34-12-4-7-24(34)36)26-28(31)41-30(33-26)35(21-9-10-21)29(39)20(15-25(37)38)14-18-5-2-3-6-18/h8,11,13,16,18,20-21H,2-7,9-10,12,14-15H2,1H3,(H,37,38)/t20-/m1/s1. The van der Waals surface area contributed by atoms with E-state index in [1.165, 1.54) is 0 Å². The molecule has 3 aromatic heterocycles. The second-order valence-electron chi connectivity index (χ2n) is 11.4. The number of carboxylic acid groups (broad SMARTS) is 1. The van der Waals surface area contributed by atoms with Crippen LogP contribution < -0.4 is 9.80 Å². The molecule has 4 heterocycles. The molecule has 0 aromatic carbocycles. The molecule has 3 fully saturated rings. The molecule has 0 spiro atoms. The fraction of sp³-hybridized carbons (Fsp3) is 0.500. The molecule has 1 aliphatic heterocycles. The quantitative estimate of drug-likeness (QED) is 0.303. The Hall–Kier alpha value is -3.60. The lowest BCUT2D eigenvalue weighted by Gasteiger charge is -2.26. The van der Waals surface area contributed by atoms with Crippen molar-refractivity contribution < 1.29 is 28.3 Å². The van der Waals surface area contributed by atoms with Crippen molar-refractivity contribution in [2.24, 2.45) is 11.8 Å². The first-order chi connectivity index (χ1) is 19.8. The SMILES string of the molecule is Cc1cc(-c2nc(N(C(=O)[C@@H](CC(=O)O)CC3CCCC3)C3CC3)sc2F)c(-c2ccc(N3CCCC3=O)nc2)o1. The fourth-order valence-electron chi connectivity index (χ4n) is 6.13. The zero-order chi connectivity index (χ0) is 28.7. The lowest BCUT2D eigenvalue weighted by molar-refractivity contribution is -0.141. The van der Waals surface area contributed by atoms with Gasteiger partial charge >= 0.3 is 5.97 Å². The summed E-state index contributed by atoms with van der Waals surface area (Å²) < 4.78 is 21.5. The van der Waals surface area contributed by atoms with Gasteiger partial charge in [0.05, 0.1) is 12.0 Å². The van der Waals surface area contributed by atoms with E-state index in [2.05, 4.69) is 9.97 Å². The van der Waals surface area contributed by atoms with Gasteiger partial charge in [0.1, 0.15) is 23.0 Å². The Bertz CT molecular complexity index is 1460. The predicted octanol–water partition coefficient (Wildman–Crippen LogP) is 6.21. The van der Waals surface area contributed by atoms with Crippen LogP contribution in [0.2, 0.25) is 0 Å². The van der Waals surface area contributed by atoms with E-state index in [4.69, 9.17) is 4.42 Å². The van der Waals surface area contributed by atoms with Crippen LogP contribution in [0.4, 0.5) is 15.3 Å². The minimum Gasteiger partial charge on any atom is -0.481 e. The number of nitrogens with zero attached hydrogens (tertiary/aromatic N) is 4. The highest BCUT2D eigenvalue weighted by Crippen LogP contribution is 2.43. The Kier molecular flexibility index (Phi) is 7.63. The van der Waals surface area contributed by atoms with Crippen molar-refractivity contribution >= 4 is 40.1 Å². The molecule has 1 saturated heterocycles. The third-order valence-electron chi connectivity index (χ3n) is 8.26. The molecular formula is C30H33FN4O5S. The van der Waals surface area contributed by atoms with Crippen LogP contribution in [0, 0.1) is 23.9 Å². The molecule has 0 bridgehead atoms. The van der Waals surface area contributed by atoms with Crippen LogP contribution in [0.5, 0.6) is 0 Å². The average Bonchev–Trinajstić information content (AvgIpc) is 3.28. The van der Waals surface area contributed by atoms with E-state index in [1.54, 1.807) is 41.1 Å². The Morgan fingerprint density at radius 3 is 2.63 bits per heavy atom. The van der Waals surface area contributed by atoms with E-state index in [1.807, 2.05) is 0 Å². The van der Waals surface area contributed by atoms with Gasteiger partial charge in [0.15, 0.2) is 5.13 Å². The number of hydrogen-bond acceptors (Lipinski definition) is 7. The number of carbonyl (C=O) groups excluding carboxylic acids is 2. The third kappa shape index (κ3) is 5.77. The molecule has 3 aliphatic rings. The second kappa shape index (κ2) is 11.3. The summed E-state index contributed by atoms with van der Waals surface area (Å²) in [6, 6.07) is 5.16. The molecule has 1 N–H and O–H groups in total. The van der Waals surface area contributed by atoms with Crippen molar-refractivity contribution in [2.75, 3.05) is 16.3 Å². The van der Waals surface area contributed by atoms with E-state index in [0.717, 1.165) is 56.3 Å². The first kappa shape index (κ1) is 27.6. The number of pyridine rings is 1. The number of aliphatic carboxylic acids is 1. The Morgan fingerprint density at radius 2 is 2.00 bits per heavy atom. The molecule has 0 unspecified atom stereocenters. The number of hydrogen-bond donors (Lipinski definition) is 1. The highest BCUT2D eigenvalue weighted by atomic mass is 32.1. The Labute approximate surface area is 241 Å². The van der Waals surface area contributed by atoms with Gasteiger partial charge in [0.25, 0.3) is 0 Å². The molecular weight excluding hydrogens is 547 g/mol. The van der Waals surface area contributed by atoms with Gasteiger partial charge in [0, 0.05) is 36.7 Å². The summed E-state index contributed by atoms with van der Waals surface area (Å²) in [5, 5.41) is 9.27. The van der Waals surface area contributed by atoms with E-state index in [0.29, 0.717) is 53.8 Å². The fourth-order valence-corrected chi connectivity index (χ4v) is 7.01. The molecule has 2 amide bonds. The predicted molar refractivity (Wildman–Crippen MR) is 152 cm³/mol. The normalized spacial score (nSPS) is 18.3. The smallest absolute Gasteiger partial charge is 0.304 e. The van der Waals surface area contributed by atoms with Gasteiger partial charge in [-0.2, -0.15) is 4.39 Å². The number of carbonyl (C=O) groups is 3. The highest BCUT2D eigenvalue weighted by Gasteiger charge is 2.41. The molecule has 2 saturated carbocycles. The maximum absolute atomic E-state index is 15.6. The summed E-state index contributed by atoms with van der Waals surface area (Å²) in [5.41, 5.74) is 1.15. The average molecular weight is 581 g/mol. The van der Waals surface area contributed by atoms with Gasteiger partial charge in [-0.1, -0.05) is 37.0 Å². The molecule has 11 heteroatoms.